The smallest absolute Gasteiger partial charge is 0.410 e. The first-order valence-electron chi connectivity index (χ1n) is 10.7. The van der Waals surface area contributed by atoms with Gasteiger partial charge in [-0.2, -0.15) is 0 Å². The topological polar surface area (TPSA) is 78.9 Å². The van der Waals surface area contributed by atoms with Crippen LogP contribution in [0, 0.1) is 5.92 Å². The van der Waals surface area contributed by atoms with E-state index in [2.05, 4.69) is 27.5 Å². The van der Waals surface area contributed by atoms with E-state index in [1.807, 2.05) is 31.9 Å². The molecule has 7 nitrogen and oxygen atoms in total. The Morgan fingerprint density at radius 1 is 1.37 bits per heavy atom. The van der Waals surface area contributed by atoms with Gasteiger partial charge in [-0.05, 0) is 52.4 Å². The van der Waals surface area contributed by atoms with Gasteiger partial charge in [0.25, 0.3) is 0 Å². The number of carbonyl (C=O) groups excluding carboxylic acids is 1. The van der Waals surface area contributed by atoms with Crippen molar-refractivity contribution in [3.8, 4) is 0 Å². The van der Waals surface area contributed by atoms with Gasteiger partial charge in [0.15, 0.2) is 5.96 Å². The van der Waals surface area contributed by atoms with Crippen LogP contribution in [0.3, 0.4) is 0 Å². The molecule has 2 heterocycles. The van der Waals surface area contributed by atoms with Crippen molar-refractivity contribution in [1.29, 1.82) is 0 Å². The van der Waals surface area contributed by atoms with Gasteiger partial charge in [0.2, 0.25) is 0 Å². The average molecular weight is 552 g/mol. The Morgan fingerprint density at radius 3 is 2.73 bits per heavy atom. The maximum Gasteiger partial charge on any atom is 0.410 e. The number of hydrogen-bond donors (Lipinski definition) is 2. The summed E-state index contributed by atoms with van der Waals surface area (Å²) in [6, 6.07) is 0. The van der Waals surface area contributed by atoms with Crippen molar-refractivity contribution < 1.29 is 9.53 Å². The fourth-order valence-electron chi connectivity index (χ4n) is 3.32. The van der Waals surface area contributed by atoms with Crippen LogP contribution in [0.5, 0.6) is 0 Å². The number of hydrogen-bond acceptors (Lipinski definition) is 5. The van der Waals surface area contributed by atoms with Crippen molar-refractivity contribution in [1.82, 2.24) is 20.5 Å². The normalized spacial score (nSPS) is 17.3. The van der Waals surface area contributed by atoms with Gasteiger partial charge in [-0.15, -0.1) is 35.3 Å². The second-order valence-corrected chi connectivity index (χ2v) is 9.67. The SMILES string of the molecule is CCc1cnc(CCNC(=NC)NCCC2CCCN(C(=O)OC(C)(C)C)C2)s1.I. The summed E-state index contributed by atoms with van der Waals surface area (Å²) in [5.74, 6) is 1.31. The number of nitrogens with zero attached hydrogens (tertiary/aromatic N) is 3. The zero-order valence-corrected chi connectivity index (χ0v) is 22.1. The van der Waals surface area contributed by atoms with Gasteiger partial charge < -0.3 is 20.3 Å². The van der Waals surface area contributed by atoms with Gasteiger partial charge in [0.05, 0.1) is 5.01 Å². The first-order chi connectivity index (χ1) is 13.8. The Bertz CT molecular complexity index is 675. The molecule has 1 saturated heterocycles. The number of carbonyl (C=O) groups is 1. The standard InChI is InChI=1S/C21H37N5O2S.HI/c1-6-17-14-25-18(29-17)10-12-24-19(22-5)23-11-9-16-8-7-13-26(15-16)20(27)28-21(2,3)4;/h14,16H,6-13,15H2,1-5H3,(H2,22,23,24);1H. The zero-order valence-electron chi connectivity index (χ0n) is 19.0. The van der Waals surface area contributed by atoms with E-state index in [0.717, 1.165) is 69.3 Å². The number of ether oxygens (including phenoxy) is 1. The molecule has 2 rings (SSSR count). The number of piperidine rings is 1. The van der Waals surface area contributed by atoms with E-state index < -0.39 is 5.60 Å². The van der Waals surface area contributed by atoms with Crippen LogP contribution in [0.4, 0.5) is 4.79 Å². The van der Waals surface area contributed by atoms with Crippen LogP contribution in [0.15, 0.2) is 11.2 Å². The number of rotatable bonds is 7. The largest absolute Gasteiger partial charge is 0.444 e. The molecule has 0 aliphatic carbocycles. The summed E-state index contributed by atoms with van der Waals surface area (Å²) in [6.07, 6.45) is 6.91. The molecule has 1 unspecified atom stereocenters. The van der Waals surface area contributed by atoms with E-state index in [-0.39, 0.29) is 30.1 Å². The Hall–Kier alpha value is -1.10. The van der Waals surface area contributed by atoms with Gasteiger partial charge >= 0.3 is 6.09 Å². The lowest BCUT2D eigenvalue weighted by molar-refractivity contribution is 0.0162. The van der Waals surface area contributed by atoms with E-state index >= 15 is 0 Å². The van der Waals surface area contributed by atoms with Crippen LogP contribution < -0.4 is 10.6 Å². The first kappa shape index (κ1) is 26.9. The highest BCUT2D eigenvalue weighted by Crippen LogP contribution is 2.21. The van der Waals surface area contributed by atoms with Crippen molar-refractivity contribution in [2.24, 2.45) is 10.9 Å². The van der Waals surface area contributed by atoms with Gasteiger partial charge in [-0.1, -0.05) is 6.92 Å². The molecule has 1 aliphatic heterocycles. The summed E-state index contributed by atoms with van der Waals surface area (Å²) >= 11 is 1.78. The number of aryl methyl sites for hydroxylation is 1. The van der Waals surface area contributed by atoms with Crippen molar-refractivity contribution in [3.63, 3.8) is 0 Å². The second-order valence-electron chi connectivity index (χ2n) is 8.47. The molecule has 30 heavy (non-hydrogen) atoms. The second kappa shape index (κ2) is 13.3. The van der Waals surface area contributed by atoms with Gasteiger partial charge in [0.1, 0.15) is 5.60 Å². The zero-order chi connectivity index (χ0) is 21.3. The summed E-state index contributed by atoms with van der Waals surface area (Å²) in [5.41, 5.74) is -0.444. The fraction of sp³-hybridized carbons (Fsp3) is 0.762. The number of amides is 1. The number of aromatic nitrogens is 1. The molecule has 1 atom stereocenters. The average Bonchev–Trinajstić information content (AvgIpc) is 3.13. The van der Waals surface area contributed by atoms with Gasteiger partial charge in [-0.3, -0.25) is 4.99 Å². The molecule has 1 aromatic rings. The molecule has 1 amide bonds. The summed E-state index contributed by atoms with van der Waals surface area (Å²) in [6.45, 7) is 11.1. The van der Waals surface area contributed by atoms with Crippen LogP contribution in [-0.2, 0) is 17.6 Å². The number of likely N-dealkylation sites (tertiary alicyclic amines) is 1. The van der Waals surface area contributed by atoms with E-state index in [9.17, 15) is 4.79 Å². The van der Waals surface area contributed by atoms with Crippen LogP contribution in [0.1, 0.15) is 56.8 Å². The van der Waals surface area contributed by atoms with Crippen LogP contribution >= 0.6 is 35.3 Å². The minimum Gasteiger partial charge on any atom is -0.444 e. The van der Waals surface area contributed by atoms with Gasteiger partial charge in [0, 0.05) is 50.7 Å². The highest BCUT2D eigenvalue weighted by molar-refractivity contribution is 14.0. The van der Waals surface area contributed by atoms with Crippen LogP contribution in [0.2, 0.25) is 0 Å². The highest BCUT2D eigenvalue weighted by Gasteiger charge is 2.27. The summed E-state index contributed by atoms with van der Waals surface area (Å²) < 4.78 is 5.51. The molecule has 1 fully saturated rings. The Balaban J connectivity index is 0.00000450. The third-order valence-electron chi connectivity index (χ3n) is 4.82. The molecular formula is C21H38IN5O2S. The fourth-order valence-corrected chi connectivity index (χ4v) is 4.19. The summed E-state index contributed by atoms with van der Waals surface area (Å²) in [4.78, 5) is 24.2. The van der Waals surface area contributed by atoms with E-state index in [1.165, 1.54) is 4.88 Å². The molecule has 1 aromatic heterocycles. The monoisotopic (exact) mass is 551 g/mol. The van der Waals surface area contributed by atoms with Crippen molar-refractivity contribution in [2.45, 2.75) is 65.4 Å². The molecule has 0 aromatic carbocycles. The first-order valence-corrected chi connectivity index (χ1v) is 11.5. The number of thiazole rings is 1. The molecule has 172 valence electrons. The Kier molecular flexibility index (Phi) is 12.0. The lowest BCUT2D eigenvalue weighted by Crippen LogP contribution is -2.44. The van der Waals surface area contributed by atoms with Crippen LogP contribution in [-0.4, -0.2) is 60.8 Å². The predicted octanol–water partition coefficient (Wildman–Crippen LogP) is 4.07. The predicted molar refractivity (Wildman–Crippen MR) is 135 cm³/mol. The van der Waals surface area contributed by atoms with Crippen molar-refractivity contribution in [2.75, 3.05) is 33.2 Å². The lowest BCUT2D eigenvalue weighted by Gasteiger charge is -2.34. The third kappa shape index (κ3) is 9.80. The van der Waals surface area contributed by atoms with Crippen LogP contribution in [0.25, 0.3) is 0 Å². The number of aliphatic imine (C=N–C) groups is 1. The number of halogens is 1. The molecule has 0 spiro atoms. The van der Waals surface area contributed by atoms with Crippen molar-refractivity contribution in [3.05, 3.63) is 16.1 Å². The van der Waals surface area contributed by atoms with Crippen molar-refractivity contribution >= 4 is 47.4 Å². The van der Waals surface area contributed by atoms with E-state index in [4.69, 9.17) is 4.74 Å². The maximum atomic E-state index is 12.3. The highest BCUT2D eigenvalue weighted by atomic mass is 127. The summed E-state index contributed by atoms with van der Waals surface area (Å²) in [5, 5.41) is 7.91. The Labute approximate surface area is 202 Å². The molecule has 1 aliphatic rings. The molecule has 2 N–H and O–H groups in total. The van der Waals surface area contributed by atoms with E-state index in [1.54, 1.807) is 18.4 Å². The molecular weight excluding hydrogens is 513 g/mol. The molecule has 9 heteroatoms. The molecule has 0 saturated carbocycles. The third-order valence-corrected chi connectivity index (χ3v) is 6.02. The lowest BCUT2D eigenvalue weighted by atomic mass is 9.95. The van der Waals surface area contributed by atoms with E-state index in [0.29, 0.717) is 5.92 Å². The van der Waals surface area contributed by atoms with Gasteiger partial charge in [-0.25, -0.2) is 9.78 Å². The molecule has 0 bridgehead atoms. The quantitative estimate of drug-likeness (QED) is 0.304. The number of guanidine groups is 1. The number of nitrogens with one attached hydrogen (secondary N) is 2. The Morgan fingerprint density at radius 2 is 2.10 bits per heavy atom. The maximum absolute atomic E-state index is 12.3. The molecule has 0 radical (unpaired) electrons. The summed E-state index contributed by atoms with van der Waals surface area (Å²) in [7, 11) is 1.79. The minimum absolute atomic E-state index is 0. The minimum atomic E-state index is -0.444.